The van der Waals surface area contributed by atoms with Gasteiger partial charge in [0.1, 0.15) is 4.90 Å². The molecule has 0 atom stereocenters. The van der Waals surface area contributed by atoms with Crippen LogP contribution in [0.5, 0.6) is 0 Å². The van der Waals surface area contributed by atoms with Gasteiger partial charge in [0.2, 0.25) is 10.0 Å². The number of nitrogens with zero attached hydrogens (tertiary/aromatic N) is 1. The minimum atomic E-state index is -3.74. The maximum absolute atomic E-state index is 12.9. The molecule has 0 aliphatic heterocycles. The number of aryl methyl sites for hydroxylation is 3. The summed E-state index contributed by atoms with van der Waals surface area (Å²) in [6.07, 6.45) is 0. The topological polar surface area (TPSA) is 72.2 Å². The van der Waals surface area contributed by atoms with Crippen LogP contribution in [0.25, 0.3) is 11.3 Å². The Labute approximate surface area is 155 Å². The first-order valence-corrected chi connectivity index (χ1v) is 10.2. The fourth-order valence-electron chi connectivity index (χ4n) is 2.64. The lowest BCUT2D eigenvalue weighted by Crippen LogP contribution is -2.24. The van der Waals surface area contributed by atoms with Gasteiger partial charge in [-0.1, -0.05) is 35.0 Å². The summed E-state index contributed by atoms with van der Waals surface area (Å²) in [4.78, 5) is 1.80. The fraction of sp³-hybridized carbons (Fsp3) is 0.235. The highest BCUT2D eigenvalue weighted by molar-refractivity contribution is 7.89. The Kier molecular flexibility index (Phi) is 5.02. The summed E-state index contributed by atoms with van der Waals surface area (Å²) in [5.74, 6) is 0.456. The van der Waals surface area contributed by atoms with Crippen molar-refractivity contribution >= 4 is 33.0 Å². The van der Waals surface area contributed by atoms with E-state index in [2.05, 4.69) is 9.88 Å². The molecule has 8 heteroatoms. The molecule has 0 aliphatic rings. The Morgan fingerprint density at radius 2 is 1.92 bits per heavy atom. The number of sulfonamides is 1. The second-order valence-corrected chi connectivity index (χ2v) is 9.21. The van der Waals surface area contributed by atoms with Crippen molar-refractivity contribution in [3.63, 3.8) is 0 Å². The van der Waals surface area contributed by atoms with Crippen molar-refractivity contribution in [2.75, 3.05) is 0 Å². The monoisotopic (exact) mass is 396 g/mol. The number of aromatic nitrogens is 1. The van der Waals surface area contributed by atoms with Crippen LogP contribution in [0.15, 0.2) is 39.8 Å². The molecule has 0 saturated heterocycles. The Morgan fingerprint density at radius 1 is 1.20 bits per heavy atom. The SMILES string of the molecule is Cc1cc(-c2c(C)sc(C)c2S(=O)(=O)NCc2ccccc2Cl)on1. The van der Waals surface area contributed by atoms with Gasteiger partial charge in [-0.3, -0.25) is 0 Å². The van der Waals surface area contributed by atoms with Crippen LogP contribution in [0.1, 0.15) is 21.0 Å². The smallest absolute Gasteiger partial charge is 0.242 e. The number of rotatable bonds is 5. The first-order chi connectivity index (χ1) is 11.8. The van der Waals surface area contributed by atoms with Gasteiger partial charge < -0.3 is 4.52 Å². The summed E-state index contributed by atoms with van der Waals surface area (Å²) in [7, 11) is -3.74. The van der Waals surface area contributed by atoms with E-state index in [9.17, 15) is 8.42 Å². The molecule has 3 aromatic rings. The molecule has 2 heterocycles. The molecule has 132 valence electrons. The van der Waals surface area contributed by atoms with Crippen LogP contribution in [0.3, 0.4) is 0 Å². The minimum absolute atomic E-state index is 0.116. The molecule has 25 heavy (non-hydrogen) atoms. The third-order valence-electron chi connectivity index (χ3n) is 3.76. The number of benzene rings is 1. The van der Waals surface area contributed by atoms with Gasteiger partial charge in [0.05, 0.1) is 11.3 Å². The summed E-state index contributed by atoms with van der Waals surface area (Å²) in [6, 6.07) is 8.88. The second kappa shape index (κ2) is 6.92. The predicted molar refractivity (Wildman–Crippen MR) is 99.5 cm³/mol. The van der Waals surface area contributed by atoms with Gasteiger partial charge in [-0.15, -0.1) is 11.3 Å². The summed E-state index contributed by atoms with van der Waals surface area (Å²) in [5.41, 5.74) is 1.98. The van der Waals surface area contributed by atoms with Crippen LogP contribution in [0.2, 0.25) is 5.02 Å². The average molecular weight is 397 g/mol. The van der Waals surface area contributed by atoms with E-state index in [1.807, 2.05) is 13.0 Å². The van der Waals surface area contributed by atoms with Crippen LogP contribution < -0.4 is 4.72 Å². The third kappa shape index (κ3) is 3.64. The summed E-state index contributed by atoms with van der Waals surface area (Å²) in [6.45, 7) is 5.57. The highest BCUT2D eigenvalue weighted by Gasteiger charge is 2.28. The van der Waals surface area contributed by atoms with E-state index >= 15 is 0 Å². The van der Waals surface area contributed by atoms with Crippen LogP contribution in [-0.4, -0.2) is 13.6 Å². The molecule has 1 N–H and O–H groups in total. The average Bonchev–Trinajstić information content (AvgIpc) is 3.09. The van der Waals surface area contributed by atoms with Gasteiger partial charge in [0.15, 0.2) is 5.76 Å². The van der Waals surface area contributed by atoms with Crippen molar-refractivity contribution in [2.45, 2.75) is 32.2 Å². The second-order valence-electron chi connectivity index (χ2n) is 5.67. The number of nitrogens with one attached hydrogen (secondary N) is 1. The maximum atomic E-state index is 12.9. The highest BCUT2D eigenvalue weighted by atomic mass is 35.5. The molecule has 3 rings (SSSR count). The molecule has 2 aromatic heterocycles. The van der Waals surface area contributed by atoms with E-state index in [4.69, 9.17) is 16.1 Å². The zero-order chi connectivity index (χ0) is 18.2. The lowest BCUT2D eigenvalue weighted by molar-refractivity contribution is 0.426. The van der Waals surface area contributed by atoms with Crippen LogP contribution in [-0.2, 0) is 16.6 Å². The lowest BCUT2D eigenvalue weighted by atomic mass is 10.2. The van der Waals surface area contributed by atoms with Gasteiger partial charge in [-0.05, 0) is 32.4 Å². The molecule has 0 spiro atoms. The molecule has 0 amide bonds. The molecular weight excluding hydrogens is 380 g/mol. The van der Waals surface area contributed by atoms with E-state index in [-0.39, 0.29) is 11.4 Å². The maximum Gasteiger partial charge on any atom is 0.242 e. The Hall–Kier alpha value is -1.67. The van der Waals surface area contributed by atoms with E-state index in [0.29, 0.717) is 26.9 Å². The van der Waals surface area contributed by atoms with Crippen molar-refractivity contribution in [3.8, 4) is 11.3 Å². The molecule has 0 aliphatic carbocycles. The molecular formula is C17H17ClN2O3S2. The van der Waals surface area contributed by atoms with Crippen LogP contribution in [0.4, 0.5) is 0 Å². The number of hydrogen-bond donors (Lipinski definition) is 1. The molecule has 0 unspecified atom stereocenters. The quantitative estimate of drug-likeness (QED) is 0.691. The van der Waals surface area contributed by atoms with E-state index in [1.165, 1.54) is 11.3 Å². The van der Waals surface area contributed by atoms with Gasteiger partial charge in [-0.2, -0.15) is 0 Å². The molecule has 5 nitrogen and oxygen atoms in total. The van der Waals surface area contributed by atoms with Gasteiger partial charge in [0, 0.05) is 27.4 Å². The normalized spacial score (nSPS) is 11.8. The number of hydrogen-bond acceptors (Lipinski definition) is 5. The Balaban J connectivity index is 1.99. The third-order valence-corrected chi connectivity index (χ3v) is 6.85. The summed E-state index contributed by atoms with van der Waals surface area (Å²) in [5, 5.41) is 4.39. The standard InChI is InChI=1S/C17H17ClN2O3S2/c1-10-8-15(23-20-10)16-11(2)24-12(3)17(16)25(21,22)19-9-13-6-4-5-7-14(13)18/h4-8,19H,9H2,1-3H3. The molecule has 0 radical (unpaired) electrons. The molecule has 1 aromatic carbocycles. The highest BCUT2D eigenvalue weighted by Crippen LogP contribution is 2.39. The molecule has 0 bridgehead atoms. The molecule has 0 saturated carbocycles. The van der Waals surface area contributed by atoms with Gasteiger partial charge in [-0.25, -0.2) is 13.1 Å². The van der Waals surface area contributed by atoms with Crippen molar-refractivity contribution in [2.24, 2.45) is 0 Å². The van der Waals surface area contributed by atoms with Crippen molar-refractivity contribution < 1.29 is 12.9 Å². The van der Waals surface area contributed by atoms with E-state index in [0.717, 1.165) is 10.4 Å². The number of thiophene rings is 1. The Bertz CT molecular complexity index is 1020. The Morgan fingerprint density at radius 3 is 2.56 bits per heavy atom. The first kappa shape index (κ1) is 18.1. The van der Waals surface area contributed by atoms with E-state index in [1.54, 1.807) is 38.1 Å². The lowest BCUT2D eigenvalue weighted by Gasteiger charge is -2.09. The predicted octanol–water partition coefficient (Wildman–Crippen LogP) is 4.46. The van der Waals surface area contributed by atoms with Gasteiger partial charge >= 0.3 is 0 Å². The van der Waals surface area contributed by atoms with Crippen molar-refractivity contribution in [1.82, 2.24) is 9.88 Å². The number of halogens is 1. The van der Waals surface area contributed by atoms with Crippen molar-refractivity contribution in [3.05, 3.63) is 56.4 Å². The summed E-state index contributed by atoms with van der Waals surface area (Å²) >= 11 is 7.53. The minimum Gasteiger partial charge on any atom is -0.356 e. The summed E-state index contributed by atoms with van der Waals surface area (Å²) < 4.78 is 33.8. The van der Waals surface area contributed by atoms with Crippen LogP contribution >= 0.6 is 22.9 Å². The fourth-order valence-corrected chi connectivity index (χ4v) is 5.71. The van der Waals surface area contributed by atoms with Gasteiger partial charge in [0.25, 0.3) is 0 Å². The first-order valence-electron chi connectivity index (χ1n) is 7.56. The van der Waals surface area contributed by atoms with Crippen LogP contribution in [0, 0.1) is 20.8 Å². The zero-order valence-electron chi connectivity index (χ0n) is 14.0. The van der Waals surface area contributed by atoms with Crippen molar-refractivity contribution in [1.29, 1.82) is 0 Å². The zero-order valence-corrected chi connectivity index (χ0v) is 16.3. The largest absolute Gasteiger partial charge is 0.356 e. The molecule has 0 fully saturated rings. The van der Waals surface area contributed by atoms with E-state index < -0.39 is 10.0 Å².